The van der Waals surface area contributed by atoms with Crippen LogP contribution < -0.4 is 25.1 Å². The molecule has 1 aromatic heterocycles. The van der Waals surface area contributed by atoms with Crippen molar-refractivity contribution in [3.8, 4) is 17.2 Å². The molecule has 0 bridgehead atoms. The lowest BCUT2D eigenvalue weighted by Gasteiger charge is -2.41. The number of ketones is 2. The summed E-state index contributed by atoms with van der Waals surface area (Å²) in [5, 5.41) is 3.63. The van der Waals surface area contributed by atoms with Gasteiger partial charge >= 0.3 is 0 Å². The summed E-state index contributed by atoms with van der Waals surface area (Å²) in [5.74, 6) is -2.62. The number of carbonyl (C=O) groups excluding carboxylic acids is 3. The van der Waals surface area contributed by atoms with Gasteiger partial charge in [0.2, 0.25) is 23.1 Å². The van der Waals surface area contributed by atoms with Gasteiger partial charge in [0.1, 0.15) is 22.1 Å². The maximum absolute atomic E-state index is 14.5. The lowest BCUT2D eigenvalue weighted by molar-refractivity contribution is -0.131. The molecule has 3 aliphatic rings. The molecule has 1 amide bonds. The highest BCUT2D eigenvalue weighted by Gasteiger charge is 2.63. The first kappa shape index (κ1) is 25.2. The standard InChI is InChI=1S/C29H25ClN2O7/c1-12-6-5-7-14-9-16(28(36)32-24(12)14)15-10-20(33)31-17-8-13(2)29(26(34)21(15)17)27(35)22-18(37-3)11-19(38-4)23(30)25(22)39-29/h5-7,9,11,13,15H,8,10H2,1-4H3,(H,31,33)(H,32,36). The average molecular weight is 549 g/mol. The molecule has 6 rings (SSSR count). The van der Waals surface area contributed by atoms with Gasteiger partial charge in [0, 0.05) is 41.2 Å². The summed E-state index contributed by atoms with van der Waals surface area (Å²) in [7, 11) is 2.82. The van der Waals surface area contributed by atoms with E-state index in [-0.39, 0.29) is 57.7 Å². The minimum Gasteiger partial charge on any atom is -0.496 e. The minimum atomic E-state index is -1.94. The zero-order valence-corrected chi connectivity index (χ0v) is 22.4. The predicted octanol–water partition coefficient (Wildman–Crippen LogP) is 3.99. The molecule has 0 radical (unpaired) electrons. The number of carbonyl (C=O) groups is 3. The topological polar surface area (TPSA) is 124 Å². The Morgan fingerprint density at radius 1 is 1.03 bits per heavy atom. The number of fused-ring (bicyclic) bond motifs is 2. The Labute approximate surface area is 228 Å². The number of para-hydroxylation sites is 1. The third kappa shape index (κ3) is 3.39. The van der Waals surface area contributed by atoms with Crippen molar-refractivity contribution >= 4 is 40.0 Å². The largest absolute Gasteiger partial charge is 0.496 e. The quantitative estimate of drug-likeness (QED) is 0.474. The number of pyridine rings is 1. The van der Waals surface area contributed by atoms with E-state index in [9.17, 15) is 19.2 Å². The molecule has 0 fully saturated rings. The lowest BCUT2D eigenvalue weighted by atomic mass is 9.66. The molecule has 2 aliphatic heterocycles. The summed E-state index contributed by atoms with van der Waals surface area (Å²) in [6.45, 7) is 3.60. The van der Waals surface area contributed by atoms with Crippen molar-refractivity contribution in [2.45, 2.75) is 38.2 Å². The van der Waals surface area contributed by atoms with E-state index in [1.807, 2.05) is 25.1 Å². The van der Waals surface area contributed by atoms with Crippen LogP contribution in [0.4, 0.5) is 0 Å². The highest BCUT2D eigenvalue weighted by atomic mass is 35.5. The molecule has 200 valence electrons. The Balaban J connectivity index is 1.53. The van der Waals surface area contributed by atoms with E-state index >= 15 is 0 Å². The fourth-order valence-corrected chi connectivity index (χ4v) is 6.38. The van der Waals surface area contributed by atoms with Crippen LogP contribution in [0.5, 0.6) is 17.2 Å². The SMILES string of the molecule is COc1cc(OC)c2c(c1Cl)OC1(C(=O)C3=C(CC1C)NC(=O)CC3c1cc3cccc(C)c3[nH]c1=O)C2=O. The van der Waals surface area contributed by atoms with E-state index in [4.69, 9.17) is 25.8 Å². The number of hydrogen-bond acceptors (Lipinski definition) is 7. The van der Waals surface area contributed by atoms with Gasteiger partial charge < -0.3 is 24.5 Å². The van der Waals surface area contributed by atoms with Crippen LogP contribution in [0, 0.1) is 12.8 Å². The van der Waals surface area contributed by atoms with Crippen LogP contribution in [0.25, 0.3) is 10.9 Å². The van der Waals surface area contributed by atoms with E-state index in [0.29, 0.717) is 11.2 Å². The van der Waals surface area contributed by atoms with E-state index < -0.39 is 34.6 Å². The highest BCUT2D eigenvalue weighted by Crippen LogP contribution is 2.55. The number of amides is 1. The molecule has 2 N–H and O–H groups in total. The molecule has 3 unspecified atom stereocenters. The number of hydrogen-bond donors (Lipinski definition) is 2. The number of ether oxygens (including phenoxy) is 3. The second kappa shape index (κ2) is 8.71. The molecule has 39 heavy (non-hydrogen) atoms. The summed E-state index contributed by atoms with van der Waals surface area (Å²) in [6, 6.07) is 8.80. The van der Waals surface area contributed by atoms with Gasteiger partial charge in [-0.25, -0.2) is 0 Å². The van der Waals surface area contributed by atoms with Crippen LogP contribution >= 0.6 is 11.6 Å². The number of methoxy groups -OCH3 is 2. The van der Waals surface area contributed by atoms with E-state index in [0.717, 1.165) is 10.9 Å². The number of Topliss-reactive ketones (excluding diaryl/α,β-unsaturated/α-hetero) is 2. The molecule has 0 saturated carbocycles. The van der Waals surface area contributed by atoms with Gasteiger partial charge in [-0.3, -0.25) is 19.2 Å². The Bertz CT molecular complexity index is 1720. The molecule has 3 atom stereocenters. The number of aromatic nitrogens is 1. The first-order chi connectivity index (χ1) is 18.6. The van der Waals surface area contributed by atoms with Gasteiger partial charge in [-0.05, 0) is 30.4 Å². The van der Waals surface area contributed by atoms with Crippen LogP contribution in [0.2, 0.25) is 5.02 Å². The molecule has 10 heteroatoms. The number of aromatic amines is 1. The molecule has 1 aliphatic carbocycles. The second-order valence-electron chi connectivity index (χ2n) is 10.2. The number of rotatable bonds is 3. The second-order valence-corrected chi connectivity index (χ2v) is 10.6. The number of benzene rings is 2. The fourth-order valence-electron chi connectivity index (χ4n) is 6.11. The van der Waals surface area contributed by atoms with Gasteiger partial charge in [-0.2, -0.15) is 0 Å². The zero-order valence-electron chi connectivity index (χ0n) is 21.7. The lowest BCUT2D eigenvalue weighted by Crippen LogP contribution is -2.59. The summed E-state index contributed by atoms with van der Waals surface area (Å²) in [4.78, 5) is 57.6. The van der Waals surface area contributed by atoms with Crippen LogP contribution in [0.3, 0.4) is 0 Å². The maximum atomic E-state index is 14.5. The smallest absolute Gasteiger partial charge is 0.252 e. The van der Waals surface area contributed by atoms with Crippen molar-refractivity contribution in [2.75, 3.05) is 14.2 Å². The van der Waals surface area contributed by atoms with Crippen molar-refractivity contribution in [3.05, 3.63) is 73.7 Å². The maximum Gasteiger partial charge on any atom is 0.252 e. The van der Waals surface area contributed by atoms with Gasteiger partial charge in [0.25, 0.3) is 5.56 Å². The Kier molecular flexibility index (Phi) is 5.62. The van der Waals surface area contributed by atoms with Gasteiger partial charge in [0.15, 0.2) is 5.75 Å². The Morgan fingerprint density at radius 2 is 1.77 bits per heavy atom. The third-order valence-corrected chi connectivity index (χ3v) is 8.41. The molecule has 9 nitrogen and oxygen atoms in total. The van der Waals surface area contributed by atoms with Crippen molar-refractivity contribution < 1.29 is 28.6 Å². The van der Waals surface area contributed by atoms with Crippen LogP contribution in [0.15, 0.2) is 46.4 Å². The Hall–Kier alpha value is -4.11. The summed E-state index contributed by atoms with van der Waals surface area (Å²) >= 11 is 6.53. The van der Waals surface area contributed by atoms with E-state index in [2.05, 4.69) is 10.3 Å². The first-order valence-electron chi connectivity index (χ1n) is 12.5. The summed E-state index contributed by atoms with van der Waals surface area (Å²) < 4.78 is 17.0. The number of allylic oxidation sites excluding steroid dienone is 1. The van der Waals surface area contributed by atoms with Gasteiger partial charge in [-0.15, -0.1) is 0 Å². The first-order valence-corrected chi connectivity index (χ1v) is 12.9. The summed E-state index contributed by atoms with van der Waals surface area (Å²) in [6.07, 6.45) is 0.0409. The molecule has 2 aromatic carbocycles. The van der Waals surface area contributed by atoms with Crippen LogP contribution in [-0.4, -0.2) is 42.3 Å². The molecular formula is C29H25ClN2O7. The zero-order chi connectivity index (χ0) is 27.8. The number of aryl methyl sites for hydroxylation is 1. The fraction of sp³-hybridized carbons (Fsp3) is 0.310. The predicted molar refractivity (Wildman–Crippen MR) is 143 cm³/mol. The van der Waals surface area contributed by atoms with E-state index in [1.54, 1.807) is 13.0 Å². The van der Waals surface area contributed by atoms with Gasteiger partial charge in [0.05, 0.1) is 19.7 Å². The normalized spacial score (nSPS) is 24.0. The third-order valence-electron chi connectivity index (χ3n) is 8.05. The summed E-state index contributed by atoms with van der Waals surface area (Å²) in [5.41, 5.74) is 0.144. The van der Waals surface area contributed by atoms with Crippen molar-refractivity contribution in [2.24, 2.45) is 5.92 Å². The monoisotopic (exact) mass is 548 g/mol. The average Bonchev–Trinajstić information content (AvgIpc) is 3.22. The molecule has 0 saturated heterocycles. The minimum absolute atomic E-state index is 0.0116. The van der Waals surface area contributed by atoms with Gasteiger partial charge in [-0.1, -0.05) is 36.7 Å². The van der Waals surface area contributed by atoms with Crippen molar-refractivity contribution in [3.63, 3.8) is 0 Å². The molecule has 3 heterocycles. The van der Waals surface area contributed by atoms with Crippen LogP contribution in [0.1, 0.15) is 47.2 Å². The Morgan fingerprint density at radius 3 is 2.49 bits per heavy atom. The number of nitrogens with one attached hydrogen (secondary N) is 2. The number of halogens is 1. The van der Waals surface area contributed by atoms with Crippen LogP contribution in [-0.2, 0) is 9.59 Å². The van der Waals surface area contributed by atoms with Crippen molar-refractivity contribution in [1.29, 1.82) is 0 Å². The molecule has 3 aromatic rings. The van der Waals surface area contributed by atoms with Crippen molar-refractivity contribution in [1.82, 2.24) is 10.3 Å². The molecule has 1 spiro atoms. The number of H-pyrrole nitrogens is 1. The highest BCUT2D eigenvalue weighted by molar-refractivity contribution is 6.36. The van der Waals surface area contributed by atoms with E-state index in [1.165, 1.54) is 20.3 Å². The molecular weight excluding hydrogens is 524 g/mol.